The zero-order valence-corrected chi connectivity index (χ0v) is 22.1. The van der Waals surface area contributed by atoms with Crippen molar-refractivity contribution in [1.82, 2.24) is 15.3 Å². The van der Waals surface area contributed by atoms with Gasteiger partial charge in [-0.3, -0.25) is 9.59 Å². The highest BCUT2D eigenvalue weighted by molar-refractivity contribution is 6.07. The zero-order chi connectivity index (χ0) is 26.8. The van der Waals surface area contributed by atoms with Crippen LogP contribution in [-0.2, 0) is 16.6 Å². The van der Waals surface area contributed by atoms with Crippen LogP contribution in [0.25, 0.3) is 10.9 Å². The van der Waals surface area contributed by atoms with Crippen molar-refractivity contribution in [3.05, 3.63) is 95.5 Å². The van der Waals surface area contributed by atoms with Crippen LogP contribution >= 0.6 is 0 Å². The molecule has 1 aliphatic carbocycles. The molecule has 6 rings (SSSR count). The summed E-state index contributed by atoms with van der Waals surface area (Å²) in [5, 5.41) is 16.1. The molecule has 3 aliphatic rings. The maximum Gasteiger partial charge on any atom is 0.233 e. The average molecular weight is 510 g/mol. The average Bonchev–Trinajstić information content (AvgIpc) is 3.61. The molecule has 7 atom stereocenters. The molecule has 1 amide bonds. The van der Waals surface area contributed by atoms with Gasteiger partial charge in [0.15, 0.2) is 0 Å². The third-order valence-electron chi connectivity index (χ3n) is 9.26. The van der Waals surface area contributed by atoms with Gasteiger partial charge in [-0.2, -0.15) is 0 Å². The van der Waals surface area contributed by atoms with Crippen LogP contribution < -0.4 is 5.32 Å². The molecule has 2 fully saturated rings. The first kappa shape index (κ1) is 24.7. The second-order valence-electron chi connectivity index (χ2n) is 11.5. The fraction of sp³-hybridized carbons (Fsp3) is 0.375. The Labute approximate surface area is 222 Å². The Bertz CT molecular complexity index is 1510. The molecule has 1 aromatic carbocycles. The van der Waals surface area contributed by atoms with E-state index in [1.165, 1.54) is 0 Å². The number of aromatic amines is 2. The van der Waals surface area contributed by atoms with Crippen LogP contribution in [-0.4, -0.2) is 38.9 Å². The largest absolute Gasteiger partial charge is 0.388 e. The number of benzene rings is 1. The maximum atomic E-state index is 14.3. The molecule has 2 aromatic heterocycles. The summed E-state index contributed by atoms with van der Waals surface area (Å²) in [5.41, 5.74) is 3.73. The third kappa shape index (κ3) is 3.50. The monoisotopic (exact) mass is 509 g/mol. The molecule has 3 aromatic rings. The lowest BCUT2D eigenvalue weighted by Gasteiger charge is -2.50. The number of ketones is 1. The van der Waals surface area contributed by atoms with Crippen LogP contribution in [0, 0.1) is 23.7 Å². The highest BCUT2D eigenvalue weighted by Crippen LogP contribution is 2.56. The third-order valence-corrected chi connectivity index (χ3v) is 9.26. The number of rotatable bonds is 2. The number of Topliss-reactive ketones (excluding diaryl/α,β-unsaturated/α-hetero) is 1. The van der Waals surface area contributed by atoms with E-state index in [0.29, 0.717) is 29.8 Å². The molecule has 4 heterocycles. The Morgan fingerprint density at radius 1 is 1.13 bits per heavy atom. The molecule has 0 unspecified atom stereocenters. The number of aromatic nitrogens is 2. The number of carbonyl (C=O) groups excluding carboxylic acids is 2. The highest BCUT2D eigenvalue weighted by Gasteiger charge is 2.66. The smallest absolute Gasteiger partial charge is 0.233 e. The van der Waals surface area contributed by atoms with Crippen molar-refractivity contribution < 1.29 is 14.7 Å². The summed E-state index contributed by atoms with van der Waals surface area (Å²) in [7, 11) is 0. The van der Waals surface area contributed by atoms with Gasteiger partial charge < -0.3 is 20.4 Å². The fourth-order valence-electron chi connectivity index (χ4n) is 7.39. The Balaban J connectivity index is 1.53. The van der Waals surface area contributed by atoms with Crippen molar-refractivity contribution in [2.24, 2.45) is 23.7 Å². The van der Waals surface area contributed by atoms with Crippen molar-refractivity contribution in [1.29, 1.82) is 0 Å². The highest BCUT2D eigenvalue weighted by atomic mass is 16.3. The number of fused-ring (bicyclic) bond motifs is 3. The molecule has 6 nitrogen and oxygen atoms in total. The number of aliphatic hydroxyl groups excluding tert-OH is 1. The number of hydrogen-bond acceptors (Lipinski definition) is 3. The summed E-state index contributed by atoms with van der Waals surface area (Å²) in [6.07, 6.45) is 8.57. The van der Waals surface area contributed by atoms with E-state index in [1.807, 2.05) is 43.5 Å². The molecule has 38 heavy (non-hydrogen) atoms. The molecule has 1 saturated carbocycles. The van der Waals surface area contributed by atoms with Gasteiger partial charge >= 0.3 is 0 Å². The second-order valence-corrected chi connectivity index (χ2v) is 11.5. The van der Waals surface area contributed by atoms with Crippen molar-refractivity contribution in [3.63, 3.8) is 0 Å². The van der Waals surface area contributed by atoms with E-state index in [9.17, 15) is 14.7 Å². The minimum absolute atomic E-state index is 0.0697. The normalized spacial score (nSPS) is 33.3. The molecule has 196 valence electrons. The van der Waals surface area contributed by atoms with Gasteiger partial charge in [0.05, 0.1) is 11.8 Å². The van der Waals surface area contributed by atoms with E-state index in [4.69, 9.17) is 0 Å². The molecular weight excluding hydrogens is 474 g/mol. The summed E-state index contributed by atoms with van der Waals surface area (Å²) in [5.74, 6) is -0.848. The molecular formula is C32H35N3O3. The van der Waals surface area contributed by atoms with Gasteiger partial charge in [0.25, 0.3) is 0 Å². The Kier molecular flexibility index (Phi) is 5.84. The second kappa shape index (κ2) is 8.98. The van der Waals surface area contributed by atoms with Gasteiger partial charge in [0, 0.05) is 40.7 Å². The first-order valence-electron chi connectivity index (χ1n) is 13.6. The number of allylic oxidation sites excluding steroid dienone is 3. The van der Waals surface area contributed by atoms with E-state index < -0.39 is 17.4 Å². The minimum Gasteiger partial charge on any atom is -0.388 e. The summed E-state index contributed by atoms with van der Waals surface area (Å²) < 4.78 is 0. The number of amides is 1. The standard InChI is InChI=1S/C32H35N3O3/c1-17-8-7-10-23-30(37)20(4)19(3)28-26(15-21-16-33-24-11-6-5-9-22(21)24)35-31(38)32(23,28)27-13-12-25(34-27)29(36)18(2)14-17/h5-7,9-14,16-17,19,23,26,28,30,33-34,37H,4,8,15H2,1-3H3,(H,35,38)/t17-,19+,23-,26-,28-,30+,32+/m0/s1. The van der Waals surface area contributed by atoms with Crippen LogP contribution in [0.3, 0.4) is 0 Å². The van der Waals surface area contributed by atoms with E-state index in [-0.39, 0.29) is 35.5 Å². The van der Waals surface area contributed by atoms with Crippen LogP contribution in [0.4, 0.5) is 0 Å². The quantitative estimate of drug-likeness (QED) is 0.366. The maximum absolute atomic E-state index is 14.3. The molecule has 4 N–H and O–H groups in total. The van der Waals surface area contributed by atoms with E-state index >= 15 is 0 Å². The van der Waals surface area contributed by atoms with Crippen LogP contribution in [0.15, 0.2) is 78.5 Å². The lowest BCUT2D eigenvalue weighted by molar-refractivity contribution is -0.129. The Morgan fingerprint density at radius 3 is 2.74 bits per heavy atom. The van der Waals surface area contributed by atoms with Gasteiger partial charge in [-0.15, -0.1) is 0 Å². The number of aliphatic hydroxyl groups is 1. The fourth-order valence-corrected chi connectivity index (χ4v) is 7.39. The number of hydrogen-bond donors (Lipinski definition) is 4. The predicted molar refractivity (Wildman–Crippen MR) is 149 cm³/mol. The topological polar surface area (TPSA) is 98.0 Å². The molecule has 2 bridgehead atoms. The van der Waals surface area contributed by atoms with Crippen molar-refractivity contribution in [2.45, 2.75) is 51.2 Å². The summed E-state index contributed by atoms with van der Waals surface area (Å²) in [4.78, 5) is 34.3. The zero-order valence-electron chi connectivity index (χ0n) is 22.1. The summed E-state index contributed by atoms with van der Waals surface area (Å²) >= 11 is 0. The number of carbonyl (C=O) groups is 2. The van der Waals surface area contributed by atoms with Gasteiger partial charge in [0.2, 0.25) is 11.7 Å². The molecule has 1 spiro atoms. The van der Waals surface area contributed by atoms with E-state index in [2.05, 4.69) is 53.9 Å². The number of H-pyrrole nitrogens is 2. The number of nitrogens with one attached hydrogen (secondary N) is 3. The molecule has 6 heteroatoms. The first-order valence-corrected chi connectivity index (χ1v) is 13.6. The molecule has 1 saturated heterocycles. The van der Waals surface area contributed by atoms with Crippen molar-refractivity contribution in [2.75, 3.05) is 0 Å². The van der Waals surface area contributed by atoms with Crippen molar-refractivity contribution >= 4 is 22.6 Å². The SMILES string of the molecule is C=C1[C@@H](C)[C@H]2[C@H](Cc3c[nH]c4ccccc34)NC(=O)[C@]23c2ccc([nH]2)C(=O)C(C)=C[C@@H](C)CC=C[C@H]3[C@@H]1O. The Morgan fingerprint density at radius 2 is 1.92 bits per heavy atom. The Hall–Kier alpha value is -3.64. The molecule has 0 radical (unpaired) electrons. The van der Waals surface area contributed by atoms with Gasteiger partial charge in [0.1, 0.15) is 5.41 Å². The summed E-state index contributed by atoms with van der Waals surface area (Å²) in [6, 6.07) is 11.7. The summed E-state index contributed by atoms with van der Waals surface area (Å²) in [6.45, 7) is 10.3. The van der Waals surface area contributed by atoms with Crippen LogP contribution in [0.1, 0.15) is 48.9 Å². The lowest BCUT2D eigenvalue weighted by atomic mass is 9.52. The minimum atomic E-state index is -1.06. The van der Waals surface area contributed by atoms with E-state index in [0.717, 1.165) is 22.0 Å². The van der Waals surface area contributed by atoms with Gasteiger partial charge in [-0.1, -0.05) is 56.9 Å². The van der Waals surface area contributed by atoms with Crippen molar-refractivity contribution in [3.8, 4) is 0 Å². The number of para-hydroxylation sites is 1. The lowest BCUT2D eigenvalue weighted by Crippen LogP contribution is -2.57. The first-order chi connectivity index (χ1) is 18.2. The predicted octanol–water partition coefficient (Wildman–Crippen LogP) is 5.00. The van der Waals surface area contributed by atoms with Crippen LogP contribution in [0.5, 0.6) is 0 Å². The van der Waals surface area contributed by atoms with Gasteiger partial charge in [-0.05, 0) is 66.5 Å². The van der Waals surface area contributed by atoms with Crippen LogP contribution in [0.2, 0.25) is 0 Å². The molecule has 2 aliphatic heterocycles. The van der Waals surface area contributed by atoms with E-state index in [1.54, 1.807) is 6.07 Å². The van der Waals surface area contributed by atoms with Gasteiger partial charge in [-0.25, -0.2) is 0 Å².